The number of nitrogens with one attached hydrogen (secondary N) is 1. The van der Waals surface area contributed by atoms with Gasteiger partial charge in [0.15, 0.2) is 0 Å². The van der Waals surface area contributed by atoms with Gasteiger partial charge in [0.2, 0.25) is 0 Å². The normalized spacial score (nSPS) is 18.9. The van der Waals surface area contributed by atoms with E-state index in [0.717, 1.165) is 32.8 Å². The number of nitrogens with zero attached hydrogens (tertiary/aromatic N) is 1. The van der Waals surface area contributed by atoms with Crippen LogP contribution in [0.5, 0.6) is 0 Å². The fourth-order valence-electron chi connectivity index (χ4n) is 2.64. The Morgan fingerprint density at radius 3 is 2.53 bits per heavy atom. The van der Waals surface area contributed by atoms with Crippen molar-refractivity contribution in [2.45, 2.75) is 58.2 Å². The molecule has 0 spiro atoms. The molecule has 1 saturated carbocycles. The van der Waals surface area contributed by atoms with Gasteiger partial charge in [-0.2, -0.15) is 0 Å². The van der Waals surface area contributed by atoms with Crippen molar-refractivity contribution in [3.05, 3.63) is 0 Å². The van der Waals surface area contributed by atoms with Crippen molar-refractivity contribution in [3.63, 3.8) is 0 Å². The van der Waals surface area contributed by atoms with Crippen molar-refractivity contribution < 1.29 is 9.84 Å². The number of ether oxygens (including phenoxy) is 1. The van der Waals surface area contributed by atoms with Gasteiger partial charge in [0.1, 0.15) is 0 Å². The maximum Gasteiger partial charge on any atom is 0.0791 e. The molecule has 0 saturated heterocycles. The Balaban J connectivity index is 1.94. The molecule has 0 heterocycles. The van der Waals surface area contributed by atoms with Gasteiger partial charge in [0, 0.05) is 19.6 Å². The van der Waals surface area contributed by atoms with E-state index in [0.29, 0.717) is 12.6 Å². The molecule has 4 nitrogen and oxygen atoms in total. The highest BCUT2D eigenvalue weighted by Gasteiger charge is 2.13. The molecule has 1 aliphatic carbocycles. The maximum atomic E-state index is 9.88. The van der Waals surface area contributed by atoms with E-state index >= 15 is 0 Å². The van der Waals surface area contributed by atoms with E-state index in [1.54, 1.807) is 0 Å². The molecule has 2 N–H and O–H groups in total. The van der Waals surface area contributed by atoms with Crippen LogP contribution >= 0.6 is 0 Å². The summed E-state index contributed by atoms with van der Waals surface area (Å²) in [6.45, 7) is 9.27. The quantitative estimate of drug-likeness (QED) is 0.593. The van der Waals surface area contributed by atoms with Gasteiger partial charge >= 0.3 is 0 Å². The molecule has 0 aromatic rings. The maximum absolute atomic E-state index is 9.88. The molecule has 1 fully saturated rings. The highest BCUT2D eigenvalue weighted by atomic mass is 16.5. The second-order valence-electron chi connectivity index (χ2n) is 5.47. The number of aliphatic hydroxyl groups excluding tert-OH is 1. The van der Waals surface area contributed by atoms with Gasteiger partial charge in [0.25, 0.3) is 0 Å². The zero-order valence-electron chi connectivity index (χ0n) is 12.7. The van der Waals surface area contributed by atoms with E-state index in [9.17, 15) is 5.11 Å². The molecule has 0 aliphatic heterocycles. The summed E-state index contributed by atoms with van der Waals surface area (Å²) in [4.78, 5) is 2.24. The van der Waals surface area contributed by atoms with E-state index in [4.69, 9.17) is 4.74 Å². The molecule has 1 unspecified atom stereocenters. The van der Waals surface area contributed by atoms with E-state index in [1.165, 1.54) is 32.1 Å². The van der Waals surface area contributed by atoms with Crippen LogP contribution in [-0.2, 0) is 4.74 Å². The van der Waals surface area contributed by atoms with Crippen LogP contribution in [0, 0.1) is 0 Å². The average molecular weight is 272 g/mol. The van der Waals surface area contributed by atoms with E-state index in [2.05, 4.69) is 24.1 Å². The first kappa shape index (κ1) is 16.9. The molecule has 1 atom stereocenters. The molecule has 4 heteroatoms. The summed E-state index contributed by atoms with van der Waals surface area (Å²) in [5, 5.41) is 13.2. The molecule has 0 amide bonds. The highest BCUT2D eigenvalue weighted by molar-refractivity contribution is 4.67. The van der Waals surface area contributed by atoms with Crippen molar-refractivity contribution >= 4 is 0 Å². The molecule has 1 rings (SSSR count). The van der Waals surface area contributed by atoms with Crippen molar-refractivity contribution in [2.24, 2.45) is 0 Å². The zero-order chi connectivity index (χ0) is 13.9. The summed E-state index contributed by atoms with van der Waals surface area (Å²) in [6.07, 6.45) is 6.66. The van der Waals surface area contributed by atoms with Gasteiger partial charge in [-0.3, -0.25) is 0 Å². The van der Waals surface area contributed by atoms with E-state index in [1.807, 2.05) is 0 Å². The molecular formula is C15H32N2O2. The first-order chi connectivity index (χ1) is 9.26. The predicted molar refractivity (Wildman–Crippen MR) is 79.5 cm³/mol. The Morgan fingerprint density at radius 1 is 1.21 bits per heavy atom. The molecule has 19 heavy (non-hydrogen) atoms. The minimum Gasteiger partial charge on any atom is -0.390 e. The Bertz CT molecular complexity index is 204. The van der Waals surface area contributed by atoms with Crippen molar-refractivity contribution in [3.8, 4) is 0 Å². The van der Waals surface area contributed by atoms with Gasteiger partial charge in [-0.25, -0.2) is 0 Å². The van der Waals surface area contributed by atoms with Crippen molar-refractivity contribution in [1.29, 1.82) is 0 Å². The van der Waals surface area contributed by atoms with Gasteiger partial charge < -0.3 is 20.1 Å². The number of aliphatic hydroxyl groups is 1. The predicted octanol–water partition coefficient (Wildman–Crippen LogP) is 1.63. The zero-order valence-corrected chi connectivity index (χ0v) is 12.7. The summed E-state index contributed by atoms with van der Waals surface area (Å²) in [6, 6.07) is 0. The monoisotopic (exact) mass is 272 g/mol. The molecule has 0 bridgehead atoms. The number of likely N-dealkylation sites (N-methyl/N-ethyl adjacent to an activating group) is 1. The van der Waals surface area contributed by atoms with Crippen LogP contribution in [0.25, 0.3) is 0 Å². The molecule has 0 aromatic carbocycles. The molecule has 1 aliphatic rings. The summed E-state index contributed by atoms with van der Waals surface area (Å²) >= 11 is 0. The number of hydrogen-bond acceptors (Lipinski definition) is 4. The lowest BCUT2D eigenvalue weighted by Gasteiger charge is -2.23. The third kappa shape index (κ3) is 7.88. The van der Waals surface area contributed by atoms with Gasteiger partial charge in [-0.05, 0) is 25.9 Å². The topological polar surface area (TPSA) is 44.7 Å². The van der Waals surface area contributed by atoms with Gasteiger partial charge in [0.05, 0.1) is 18.8 Å². The summed E-state index contributed by atoms with van der Waals surface area (Å²) in [5.74, 6) is 0. The fraction of sp³-hybridized carbons (Fsp3) is 1.00. The van der Waals surface area contributed by atoms with Crippen LogP contribution in [0.1, 0.15) is 46.0 Å². The first-order valence-corrected chi connectivity index (χ1v) is 7.99. The number of hydrogen-bond donors (Lipinski definition) is 2. The largest absolute Gasteiger partial charge is 0.390 e. The smallest absolute Gasteiger partial charge is 0.0791 e. The summed E-state index contributed by atoms with van der Waals surface area (Å²) < 4.78 is 5.83. The van der Waals surface area contributed by atoms with E-state index < -0.39 is 0 Å². The fourth-order valence-corrected chi connectivity index (χ4v) is 2.64. The minimum atomic E-state index is -0.283. The van der Waals surface area contributed by atoms with Crippen LogP contribution in [0.4, 0.5) is 0 Å². The number of rotatable bonds is 10. The molecular weight excluding hydrogens is 240 g/mol. The standard InChI is InChI=1S/C15H32N2O2/c1-3-17(4-2)13-14(18)12-16-10-11-19-15-8-6-5-7-9-15/h14-16,18H,3-13H2,1-2H3. The third-order valence-corrected chi connectivity index (χ3v) is 3.93. The molecule has 0 radical (unpaired) electrons. The summed E-state index contributed by atoms with van der Waals surface area (Å²) in [7, 11) is 0. The lowest BCUT2D eigenvalue weighted by Crippen LogP contribution is -2.39. The van der Waals surface area contributed by atoms with Gasteiger partial charge in [-0.1, -0.05) is 33.1 Å². The Kier molecular flexibility index (Phi) is 9.43. The Morgan fingerprint density at radius 2 is 1.89 bits per heavy atom. The SMILES string of the molecule is CCN(CC)CC(O)CNCCOC1CCCCC1. The van der Waals surface area contributed by atoms with E-state index in [-0.39, 0.29) is 6.10 Å². The third-order valence-electron chi connectivity index (χ3n) is 3.93. The molecule has 114 valence electrons. The Labute approximate surface area is 118 Å². The van der Waals surface area contributed by atoms with Gasteiger partial charge in [-0.15, -0.1) is 0 Å². The first-order valence-electron chi connectivity index (χ1n) is 7.99. The van der Waals surface area contributed by atoms with Crippen LogP contribution < -0.4 is 5.32 Å². The lowest BCUT2D eigenvalue weighted by atomic mass is 9.98. The average Bonchev–Trinajstić information content (AvgIpc) is 2.45. The summed E-state index contributed by atoms with van der Waals surface area (Å²) in [5.41, 5.74) is 0. The van der Waals surface area contributed by atoms with Crippen molar-refractivity contribution in [1.82, 2.24) is 10.2 Å². The van der Waals surface area contributed by atoms with Crippen molar-refractivity contribution in [2.75, 3.05) is 39.3 Å². The van der Waals surface area contributed by atoms with Crippen LogP contribution in [-0.4, -0.2) is 61.5 Å². The minimum absolute atomic E-state index is 0.283. The second kappa shape index (κ2) is 10.6. The second-order valence-corrected chi connectivity index (χ2v) is 5.47. The highest BCUT2D eigenvalue weighted by Crippen LogP contribution is 2.19. The van der Waals surface area contributed by atoms with Crippen LogP contribution in [0.15, 0.2) is 0 Å². The molecule has 0 aromatic heterocycles. The lowest BCUT2D eigenvalue weighted by molar-refractivity contribution is 0.0286. The van der Waals surface area contributed by atoms with Crippen LogP contribution in [0.2, 0.25) is 0 Å². The van der Waals surface area contributed by atoms with Crippen LogP contribution in [0.3, 0.4) is 0 Å². The Hall–Kier alpha value is -0.160.